The number of aromatic carboxylic acids is 1. The highest BCUT2D eigenvalue weighted by Crippen LogP contribution is 2.44. The SMILES string of the molecule is CCC(CNC(=O)OCC1c2ccccc2-c2ccccc21)C(=O)Nc1cc(Br)ccc1C(=O)O. The zero-order valence-corrected chi connectivity index (χ0v) is 20.7. The first-order valence-electron chi connectivity index (χ1n) is 11.3. The Hall–Kier alpha value is -3.65. The maximum atomic E-state index is 12.8. The van der Waals surface area contributed by atoms with Crippen LogP contribution in [0.2, 0.25) is 0 Å². The van der Waals surface area contributed by atoms with Crippen molar-refractivity contribution < 1.29 is 24.2 Å². The van der Waals surface area contributed by atoms with Gasteiger partial charge in [0.2, 0.25) is 5.91 Å². The van der Waals surface area contributed by atoms with Crippen molar-refractivity contribution in [2.24, 2.45) is 5.92 Å². The number of carboxylic acid groups (broad SMARTS) is 1. The Labute approximate surface area is 211 Å². The molecule has 8 heteroatoms. The molecule has 1 unspecified atom stereocenters. The highest BCUT2D eigenvalue weighted by atomic mass is 79.9. The highest BCUT2D eigenvalue weighted by Gasteiger charge is 2.29. The maximum Gasteiger partial charge on any atom is 0.407 e. The van der Waals surface area contributed by atoms with Crippen LogP contribution < -0.4 is 10.6 Å². The summed E-state index contributed by atoms with van der Waals surface area (Å²) in [6.45, 7) is 2.07. The van der Waals surface area contributed by atoms with Crippen LogP contribution in [-0.4, -0.2) is 36.2 Å². The molecule has 0 radical (unpaired) electrons. The van der Waals surface area contributed by atoms with E-state index in [2.05, 4.69) is 38.7 Å². The molecule has 1 aliphatic carbocycles. The second-order valence-electron chi connectivity index (χ2n) is 8.30. The predicted octanol–water partition coefficient (Wildman–Crippen LogP) is 5.65. The maximum absolute atomic E-state index is 12.8. The third kappa shape index (κ3) is 5.38. The molecule has 0 saturated heterocycles. The first-order valence-corrected chi connectivity index (χ1v) is 12.1. The van der Waals surface area contributed by atoms with Gasteiger partial charge in [0.05, 0.1) is 17.2 Å². The molecule has 1 aliphatic rings. The van der Waals surface area contributed by atoms with Crippen LogP contribution in [-0.2, 0) is 9.53 Å². The molecule has 0 heterocycles. The monoisotopic (exact) mass is 536 g/mol. The Morgan fingerprint density at radius 3 is 2.23 bits per heavy atom. The average Bonchev–Trinajstić information content (AvgIpc) is 3.16. The van der Waals surface area contributed by atoms with Gasteiger partial charge in [0.1, 0.15) is 6.61 Å². The number of alkyl carbamates (subject to hydrolysis) is 1. The predicted molar refractivity (Wildman–Crippen MR) is 137 cm³/mol. The van der Waals surface area contributed by atoms with Crippen LogP contribution in [0.5, 0.6) is 0 Å². The molecule has 3 aromatic carbocycles. The lowest BCUT2D eigenvalue weighted by atomic mass is 9.98. The van der Waals surface area contributed by atoms with Crippen molar-refractivity contribution >= 4 is 39.6 Å². The molecule has 0 aromatic heterocycles. The topological polar surface area (TPSA) is 105 Å². The zero-order chi connectivity index (χ0) is 24.9. The number of carbonyl (C=O) groups excluding carboxylic acids is 2. The summed E-state index contributed by atoms with van der Waals surface area (Å²) in [5.74, 6) is -2.13. The number of fused-ring (bicyclic) bond motifs is 3. The Balaban J connectivity index is 1.35. The Morgan fingerprint density at radius 2 is 1.63 bits per heavy atom. The van der Waals surface area contributed by atoms with Crippen molar-refractivity contribution in [3.63, 3.8) is 0 Å². The second kappa shape index (κ2) is 10.7. The van der Waals surface area contributed by atoms with Crippen LogP contribution in [0.4, 0.5) is 10.5 Å². The molecule has 4 rings (SSSR count). The van der Waals surface area contributed by atoms with E-state index in [1.807, 2.05) is 43.3 Å². The fourth-order valence-electron chi connectivity index (χ4n) is 4.32. The standard InChI is InChI=1S/C27H25BrN2O5/c1-2-16(25(31)30-24-13-17(28)11-12-22(24)26(32)33)14-29-27(34)35-15-23-20-9-5-3-7-18(20)19-8-4-6-10-21(19)23/h3-13,16,23H,2,14-15H2,1H3,(H,29,34)(H,30,31)(H,32,33). The van der Waals surface area contributed by atoms with Gasteiger partial charge in [-0.1, -0.05) is 71.4 Å². The number of halogens is 1. The number of benzene rings is 3. The van der Waals surface area contributed by atoms with E-state index in [1.165, 1.54) is 12.1 Å². The van der Waals surface area contributed by atoms with Gasteiger partial charge in [0, 0.05) is 16.9 Å². The fraction of sp³-hybridized carbons (Fsp3) is 0.222. The summed E-state index contributed by atoms with van der Waals surface area (Å²) in [6, 6.07) is 20.7. The fourth-order valence-corrected chi connectivity index (χ4v) is 4.68. The third-order valence-electron chi connectivity index (χ3n) is 6.17. The number of anilines is 1. The zero-order valence-electron chi connectivity index (χ0n) is 19.1. The van der Waals surface area contributed by atoms with Crippen molar-refractivity contribution in [2.75, 3.05) is 18.5 Å². The van der Waals surface area contributed by atoms with Gasteiger partial charge >= 0.3 is 12.1 Å². The van der Waals surface area contributed by atoms with Crippen LogP contribution in [0.1, 0.15) is 40.7 Å². The van der Waals surface area contributed by atoms with E-state index in [0.717, 1.165) is 22.3 Å². The quantitative estimate of drug-likeness (QED) is 0.345. The molecule has 2 amide bonds. The number of carboxylic acids is 1. The Morgan fingerprint density at radius 1 is 1.00 bits per heavy atom. The van der Waals surface area contributed by atoms with Gasteiger partial charge in [-0.3, -0.25) is 4.79 Å². The molecular weight excluding hydrogens is 512 g/mol. The van der Waals surface area contributed by atoms with Crippen LogP contribution in [0.3, 0.4) is 0 Å². The molecule has 35 heavy (non-hydrogen) atoms. The van der Waals surface area contributed by atoms with Crippen molar-refractivity contribution in [3.05, 3.63) is 87.9 Å². The number of amides is 2. The molecule has 3 aromatic rings. The van der Waals surface area contributed by atoms with E-state index in [1.54, 1.807) is 6.07 Å². The van der Waals surface area contributed by atoms with Gasteiger partial charge in [0.25, 0.3) is 0 Å². The van der Waals surface area contributed by atoms with Crippen LogP contribution >= 0.6 is 15.9 Å². The Bertz CT molecular complexity index is 1230. The van der Waals surface area contributed by atoms with Crippen LogP contribution in [0.15, 0.2) is 71.2 Å². The van der Waals surface area contributed by atoms with Crippen LogP contribution in [0, 0.1) is 5.92 Å². The van der Waals surface area contributed by atoms with Gasteiger partial charge in [-0.15, -0.1) is 0 Å². The molecule has 0 spiro atoms. The molecule has 0 bridgehead atoms. The normalized spacial score (nSPS) is 12.9. The molecule has 0 aliphatic heterocycles. The minimum Gasteiger partial charge on any atom is -0.478 e. The highest BCUT2D eigenvalue weighted by molar-refractivity contribution is 9.10. The summed E-state index contributed by atoms with van der Waals surface area (Å²) >= 11 is 3.29. The molecule has 7 nitrogen and oxygen atoms in total. The summed E-state index contributed by atoms with van der Waals surface area (Å²) in [6.07, 6.45) is -0.155. The number of carbonyl (C=O) groups is 3. The summed E-state index contributed by atoms with van der Waals surface area (Å²) < 4.78 is 6.17. The molecular formula is C27H25BrN2O5. The van der Waals surface area contributed by atoms with Gasteiger partial charge in [-0.2, -0.15) is 0 Å². The van der Waals surface area contributed by atoms with Gasteiger partial charge in [-0.25, -0.2) is 9.59 Å². The average molecular weight is 537 g/mol. The number of hydrogen-bond donors (Lipinski definition) is 3. The van der Waals surface area contributed by atoms with E-state index < -0.39 is 18.0 Å². The largest absolute Gasteiger partial charge is 0.478 e. The summed E-state index contributed by atoms with van der Waals surface area (Å²) in [4.78, 5) is 36.7. The molecule has 180 valence electrons. The van der Waals surface area contributed by atoms with E-state index in [4.69, 9.17) is 4.74 Å². The third-order valence-corrected chi connectivity index (χ3v) is 6.66. The van der Waals surface area contributed by atoms with Crippen molar-refractivity contribution in [1.29, 1.82) is 0 Å². The lowest BCUT2D eigenvalue weighted by molar-refractivity contribution is -0.119. The summed E-state index contributed by atoms with van der Waals surface area (Å²) in [5.41, 5.74) is 4.71. The molecule has 1 atom stereocenters. The van der Waals surface area contributed by atoms with E-state index >= 15 is 0 Å². The smallest absolute Gasteiger partial charge is 0.407 e. The van der Waals surface area contributed by atoms with Crippen LogP contribution in [0.25, 0.3) is 11.1 Å². The van der Waals surface area contributed by atoms with Gasteiger partial charge in [0.15, 0.2) is 0 Å². The summed E-state index contributed by atoms with van der Waals surface area (Å²) in [7, 11) is 0. The van der Waals surface area contributed by atoms with Crippen molar-refractivity contribution in [3.8, 4) is 11.1 Å². The van der Waals surface area contributed by atoms with Crippen molar-refractivity contribution in [2.45, 2.75) is 19.3 Å². The number of ether oxygens (including phenoxy) is 1. The lowest BCUT2D eigenvalue weighted by Gasteiger charge is -2.18. The van der Waals surface area contributed by atoms with Gasteiger partial charge in [-0.05, 0) is 46.9 Å². The molecule has 0 fully saturated rings. The number of hydrogen-bond acceptors (Lipinski definition) is 4. The van der Waals surface area contributed by atoms with E-state index in [-0.39, 0.29) is 36.2 Å². The molecule has 0 saturated carbocycles. The Kier molecular flexibility index (Phi) is 7.51. The minimum atomic E-state index is -1.14. The number of rotatable bonds is 8. The van der Waals surface area contributed by atoms with Gasteiger partial charge < -0.3 is 20.5 Å². The number of nitrogens with one attached hydrogen (secondary N) is 2. The minimum absolute atomic E-state index is 0.0131. The second-order valence-corrected chi connectivity index (χ2v) is 9.21. The van der Waals surface area contributed by atoms with E-state index in [0.29, 0.717) is 10.9 Å². The van der Waals surface area contributed by atoms with E-state index in [9.17, 15) is 19.5 Å². The first kappa shape index (κ1) is 24.5. The molecule has 3 N–H and O–H groups in total. The lowest BCUT2D eigenvalue weighted by Crippen LogP contribution is -2.36. The summed E-state index contributed by atoms with van der Waals surface area (Å²) in [5, 5.41) is 14.7. The first-order chi connectivity index (χ1) is 16.9. The van der Waals surface area contributed by atoms with Crippen molar-refractivity contribution in [1.82, 2.24) is 5.32 Å².